The minimum Gasteiger partial charge on any atom is -0.351 e. The fourth-order valence-corrected chi connectivity index (χ4v) is 1.96. The number of tetrazole rings is 1. The van der Waals surface area contributed by atoms with Crippen molar-refractivity contribution in [3.8, 4) is 11.4 Å². The van der Waals surface area contributed by atoms with Crippen LogP contribution in [0.3, 0.4) is 0 Å². The minimum atomic E-state index is -0.957. The SMILES string of the molecule is CC(C)[C@@H](C(=O)NC(N)=O)n1nnc(-c2cccc(F)c2)n1. The number of halogens is 1. The number of carbonyl (C=O) groups is 2. The Morgan fingerprint density at radius 1 is 1.36 bits per heavy atom. The second-order valence-corrected chi connectivity index (χ2v) is 4.99. The molecule has 116 valence electrons. The van der Waals surface area contributed by atoms with Gasteiger partial charge in [0.25, 0.3) is 5.91 Å². The monoisotopic (exact) mass is 306 g/mol. The molecule has 2 rings (SSSR count). The van der Waals surface area contributed by atoms with Crippen LogP contribution in [0.15, 0.2) is 24.3 Å². The van der Waals surface area contributed by atoms with Crippen molar-refractivity contribution in [1.29, 1.82) is 0 Å². The predicted octanol–water partition coefficient (Wildman–Crippen LogP) is 0.871. The highest BCUT2D eigenvalue weighted by molar-refractivity contribution is 5.95. The van der Waals surface area contributed by atoms with Gasteiger partial charge in [0.15, 0.2) is 6.04 Å². The Bertz CT molecular complexity index is 699. The van der Waals surface area contributed by atoms with E-state index in [-0.39, 0.29) is 11.7 Å². The summed E-state index contributed by atoms with van der Waals surface area (Å²) in [6.07, 6.45) is 0. The molecule has 0 spiro atoms. The summed E-state index contributed by atoms with van der Waals surface area (Å²) in [5.41, 5.74) is 5.38. The van der Waals surface area contributed by atoms with Crippen molar-refractivity contribution in [2.75, 3.05) is 0 Å². The maximum Gasteiger partial charge on any atom is 0.318 e. The van der Waals surface area contributed by atoms with Gasteiger partial charge in [-0.25, -0.2) is 9.18 Å². The van der Waals surface area contributed by atoms with Gasteiger partial charge in [0.2, 0.25) is 5.82 Å². The molecule has 1 heterocycles. The molecule has 0 unspecified atom stereocenters. The zero-order valence-electron chi connectivity index (χ0n) is 12.0. The van der Waals surface area contributed by atoms with Crippen molar-refractivity contribution in [1.82, 2.24) is 25.5 Å². The highest BCUT2D eigenvalue weighted by Crippen LogP contribution is 2.19. The molecule has 0 saturated carbocycles. The second-order valence-electron chi connectivity index (χ2n) is 4.99. The Morgan fingerprint density at radius 3 is 2.68 bits per heavy atom. The van der Waals surface area contributed by atoms with E-state index in [4.69, 9.17) is 5.73 Å². The van der Waals surface area contributed by atoms with Crippen LogP contribution in [-0.4, -0.2) is 32.1 Å². The van der Waals surface area contributed by atoms with E-state index >= 15 is 0 Å². The van der Waals surface area contributed by atoms with Gasteiger partial charge in [0, 0.05) is 5.56 Å². The standard InChI is InChI=1S/C13H15FN6O2/c1-7(2)10(12(21)16-13(15)22)20-18-11(17-19-20)8-4-3-5-9(14)6-8/h3-7,10H,1-2H3,(H3,15,16,21,22)/t10-/m0/s1. The average Bonchev–Trinajstić information content (AvgIpc) is 2.86. The van der Waals surface area contributed by atoms with Gasteiger partial charge in [-0.05, 0) is 23.3 Å². The Morgan fingerprint density at radius 2 is 2.09 bits per heavy atom. The van der Waals surface area contributed by atoms with E-state index in [2.05, 4.69) is 15.4 Å². The summed E-state index contributed by atoms with van der Waals surface area (Å²) in [6.45, 7) is 3.52. The third-order valence-electron chi connectivity index (χ3n) is 2.91. The number of hydrogen-bond donors (Lipinski definition) is 2. The first-order valence-electron chi connectivity index (χ1n) is 6.54. The summed E-state index contributed by atoms with van der Waals surface area (Å²) in [5, 5.41) is 13.7. The first kappa shape index (κ1) is 15.5. The van der Waals surface area contributed by atoms with Crippen LogP contribution in [-0.2, 0) is 4.79 Å². The zero-order chi connectivity index (χ0) is 16.3. The number of primary amides is 1. The molecule has 0 aliphatic carbocycles. The Hall–Kier alpha value is -2.84. The van der Waals surface area contributed by atoms with Crippen LogP contribution in [0.5, 0.6) is 0 Å². The molecule has 3 amide bonds. The average molecular weight is 306 g/mol. The Kier molecular flexibility index (Phi) is 4.44. The van der Waals surface area contributed by atoms with Crippen LogP contribution in [0.1, 0.15) is 19.9 Å². The van der Waals surface area contributed by atoms with Gasteiger partial charge in [-0.2, -0.15) is 4.80 Å². The maximum absolute atomic E-state index is 13.2. The number of nitrogens with zero attached hydrogens (tertiary/aromatic N) is 4. The van der Waals surface area contributed by atoms with Gasteiger partial charge in [-0.1, -0.05) is 26.0 Å². The van der Waals surface area contributed by atoms with Crippen molar-refractivity contribution in [2.45, 2.75) is 19.9 Å². The normalized spacial score (nSPS) is 12.2. The summed E-state index contributed by atoms with van der Waals surface area (Å²) in [7, 11) is 0. The Labute approximate surface area is 125 Å². The van der Waals surface area contributed by atoms with E-state index in [0.717, 1.165) is 4.80 Å². The van der Waals surface area contributed by atoms with Crippen molar-refractivity contribution >= 4 is 11.9 Å². The molecule has 1 atom stereocenters. The number of aromatic nitrogens is 4. The summed E-state index contributed by atoms with van der Waals surface area (Å²) >= 11 is 0. The highest BCUT2D eigenvalue weighted by Gasteiger charge is 2.28. The number of nitrogens with one attached hydrogen (secondary N) is 1. The molecule has 0 aliphatic rings. The van der Waals surface area contributed by atoms with Crippen LogP contribution in [0.4, 0.5) is 9.18 Å². The first-order chi connectivity index (χ1) is 10.4. The van der Waals surface area contributed by atoms with Gasteiger partial charge < -0.3 is 5.73 Å². The van der Waals surface area contributed by atoms with Gasteiger partial charge in [-0.3, -0.25) is 10.1 Å². The van der Waals surface area contributed by atoms with Crippen LogP contribution < -0.4 is 11.1 Å². The van der Waals surface area contributed by atoms with Gasteiger partial charge in [0.1, 0.15) is 5.82 Å². The lowest BCUT2D eigenvalue weighted by molar-refractivity contribution is -0.125. The van der Waals surface area contributed by atoms with Crippen molar-refractivity contribution in [3.63, 3.8) is 0 Å². The third-order valence-corrected chi connectivity index (χ3v) is 2.91. The second kappa shape index (κ2) is 6.29. The summed E-state index contributed by atoms with van der Waals surface area (Å²) < 4.78 is 13.2. The first-order valence-corrected chi connectivity index (χ1v) is 6.54. The summed E-state index contributed by atoms with van der Waals surface area (Å²) in [4.78, 5) is 23.9. The number of rotatable bonds is 4. The molecule has 0 saturated heterocycles. The van der Waals surface area contributed by atoms with E-state index in [0.29, 0.717) is 5.56 Å². The van der Waals surface area contributed by atoms with Crippen molar-refractivity contribution in [2.24, 2.45) is 11.7 Å². The minimum absolute atomic E-state index is 0.178. The molecule has 0 bridgehead atoms. The fourth-order valence-electron chi connectivity index (χ4n) is 1.96. The highest BCUT2D eigenvalue weighted by atomic mass is 19.1. The Balaban J connectivity index is 2.31. The molecule has 0 aliphatic heterocycles. The van der Waals surface area contributed by atoms with Crippen LogP contribution >= 0.6 is 0 Å². The van der Waals surface area contributed by atoms with Crippen molar-refractivity contribution in [3.05, 3.63) is 30.1 Å². The molecule has 2 aromatic rings. The lowest BCUT2D eigenvalue weighted by Gasteiger charge is -2.17. The summed E-state index contributed by atoms with van der Waals surface area (Å²) in [5.74, 6) is -1.10. The van der Waals surface area contributed by atoms with Gasteiger partial charge in [0.05, 0.1) is 0 Å². The van der Waals surface area contributed by atoms with E-state index in [1.165, 1.54) is 18.2 Å². The molecular formula is C13H15FN6O2. The molecule has 9 heteroatoms. The van der Waals surface area contributed by atoms with Gasteiger partial charge in [-0.15, -0.1) is 10.2 Å². The smallest absolute Gasteiger partial charge is 0.318 e. The molecule has 3 N–H and O–H groups in total. The zero-order valence-corrected chi connectivity index (χ0v) is 12.0. The number of urea groups is 1. The predicted molar refractivity (Wildman–Crippen MR) is 74.8 cm³/mol. The third kappa shape index (κ3) is 3.43. The fraction of sp³-hybridized carbons (Fsp3) is 0.308. The van der Waals surface area contributed by atoms with Crippen LogP contribution in [0, 0.1) is 11.7 Å². The summed E-state index contributed by atoms with van der Waals surface area (Å²) in [6, 6.07) is 3.88. The maximum atomic E-state index is 13.2. The van der Waals surface area contributed by atoms with E-state index in [1.807, 2.05) is 5.32 Å². The molecular weight excluding hydrogens is 291 g/mol. The van der Waals surface area contributed by atoms with Crippen molar-refractivity contribution < 1.29 is 14.0 Å². The number of hydrogen-bond acceptors (Lipinski definition) is 5. The quantitative estimate of drug-likeness (QED) is 0.869. The number of benzene rings is 1. The van der Waals surface area contributed by atoms with Crippen LogP contribution in [0.25, 0.3) is 11.4 Å². The molecule has 0 fully saturated rings. The topological polar surface area (TPSA) is 116 Å². The molecule has 1 aromatic heterocycles. The molecule has 1 aromatic carbocycles. The molecule has 8 nitrogen and oxygen atoms in total. The van der Waals surface area contributed by atoms with Crippen LogP contribution in [0.2, 0.25) is 0 Å². The largest absolute Gasteiger partial charge is 0.351 e. The number of imide groups is 1. The number of carbonyl (C=O) groups excluding carboxylic acids is 2. The van der Waals surface area contributed by atoms with E-state index in [1.54, 1.807) is 19.9 Å². The van der Waals surface area contributed by atoms with Gasteiger partial charge >= 0.3 is 6.03 Å². The lowest BCUT2D eigenvalue weighted by atomic mass is 10.0. The molecule has 0 radical (unpaired) electrons. The van der Waals surface area contributed by atoms with E-state index in [9.17, 15) is 14.0 Å². The van der Waals surface area contributed by atoms with E-state index < -0.39 is 23.8 Å². The lowest BCUT2D eigenvalue weighted by Crippen LogP contribution is -2.42. The molecule has 22 heavy (non-hydrogen) atoms. The number of amides is 3. The number of nitrogens with two attached hydrogens (primary N) is 1.